The van der Waals surface area contributed by atoms with Crippen LogP contribution >= 0.6 is 11.6 Å². The van der Waals surface area contributed by atoms with Crippen LogP contribution in [-0.4, -0.2) is 42.0 Å². The van der Waals surface area contributed by atoms with Gasteiger partial charge in [0.2, 0.25) is 0 Å². The second kappa shape index (κ2) is 6.67. The number of piperazine rings is 1. The Labute approximate surface area is 139 Å². The molecule has 0 N–H and O–H groups in total. The summed E-state index contributed by atoms with van der Waals surface area (Å²) in [5.74, 6) is 0.665. The van der Waals surface area contributed by atoms with Crippen LogP contribution in [0.25, 0.3) is 0 Å². The van der Waals surface area contributed by atoms with Crippen molar-refractivity contribution in [2.45, 2.75) is 0 Å². The molecule has 5 nitrogen and oxygen atoms in total. The summed E-state index contributed by atoms with van der Waals surface area (Å²) >= 11 is 5.95. The Bertz CT molecular complexity index is 763. The lowest BCUT2D eigenvalue weighted by molar-refractivity contribution is 0.0746. The number of carbonyl (C=O) groups is 1. The van der Waals surface area contributed by atoms with Crippen molar-refractivity contribution in [3.05, 3.63) is 58.7 Å². The minimum absolute atomic E-state index is 0.0197. The van der Waals surface area contributed by atoms with E-state index in [1.807, 2.05) is 4.90 Å². The van der Waals surface area contributed by atoms with Gasteiger partial charge in [-0.15, -0.1) is 0 Å². The zero-order valence-corrected chi connectivity index (χ0v) is 13.2. The van der Waals surface area contributed by atoms with Crippen molar-refractivity contribution in [2.75, 3.05) is 31.1 Å². The summed E-state index contributed by atoms with van der Waals surface area (Å²) in [6.45, 7) is 2.48. The Kier molecular flexibility index (Phi) is 4.45. The summed E-state index contributed by atoms with van der Waals surface area (Å²) in [7, 11) is 0. The van der Waals surface area contributed by atoms with Crippen molar-refractivity contribution in [1.29, 1.82) is 5.26 Å². The van der Waals surface area contributed by atoms with Gasteiger partial charge in [-0.05, 0) is 30.3 Å². The van der Waals surface area contributed by atoms with Gasteiger partial charge in [0.05, 0.1) is 5.56 Å². The minimum atomic E-state index is -0.0197. The number of benzene rings is 1. The molecule has 2 aromatic rings. The van der Waals surface area contributed by atoms with E-state index in [1.54, 1.807) is 47.5 Å². The number of nitriles is 1. The molecule has 1 aliphatic heterocycles. The van der Waals surface area contributed by atoms with Gasteiger partial charge in [-0.1, -0.05) is 17.7 Å². The highest BCUT2D eigenvalue weighted by Crippen LogP contribution is 2.19. The van der Waals surface area contributed by atoms with Gasteiger partial charge < -0.3 is 9.80 Å². The lowest BCUT2D eigenvalue weighted by Crippen LogP contribution is -2.49. The molecule has 1 amide bonds. The highest BCUT2D eigenvalue weighted by molar-refractivity contribution is 6.30. The molecule has 0 radical (unpaired) electrons. The topological polar surface area (TPSA) is 60.2 Å². The highest BCUT2D eigenvalue weighted by atomic mass is 35.5. The second-order valence-corrected chi connectivity index (χ2v) is 5.71. The lowest BCUT2D eigenvalue weighted by atomic mass is 10.1. The number of halogens is 1. The van der Waals surface area contributed by atoms with Crippen LogP contribution < -0.4 is 4.90 Å². The van der Waals surface area contributed by atoms with E-state index < -0.39 is 0 Å². The fraction of sp³-hybridized carbons (Fsp3) is 0.235. The number of pyridine rings is 1. The maximum atomic E-state index is 12.5. The molecule has 0 unspecified atom stereocenters. The zero-order chi connectivity index (χ0) is 16.2. The fourth-order valence-corrected chi connectivity index (χ4v) is 2.85. The third-order valence-corrected chi connectivity index (χ3v) is 4.08. The molecule has 1 aromatic heterocycles. The van der Waals surface area contributed by atoms with Crippen LogP contribution in [0.5, 0.6) is 0 Å². The SMILES string of the molecule is N#Cc1cccnc1N1CCN(C(=O)c2cccc(Cl)c2)CC1. The Morgan fingerprint density at radius 2 is 1.96 bits per heavy atom. The van der Waals surface area contributed by atoms with Gasteiger partial charge in [0, 0.05) is 43.0 Å². The Morgan fingerprint density at radius 3 is 2.65 bits per heavy atom. The van der Waals surface area contributed by atoms with Gasteiger partial charge in [-0.3, -0.25) is 4.79 Å². The molecule has 6 heteroatoms. The van der Waals surface area contributed by atoms with Crippen LogP contribution in [0.15, 0.2) is 42.6 Å². The summed E-state index contributed by atoms with van der Waals surface area (Å²) < 4.78 is 0. The third kappa shape index (κ3) is 3.27. The molecule has 23 heavy (non-hydrogen) atoms. The average molecular weight is 327 g/mol. The minimum Gasteiger partial charge on any atom is -0.352 e. The Balaban J connectivity index is 1.69. The van der Waals surface area contributed by atoms with Gasteiger partial charge in [0.15, 0.2) is 0 Å². The van der Waals surface area contributed by atoms with Crippen LogP contribution in [0.3, 0.4) is 0 Å². The quantitative estimate of drug-likeness (QED) is 0.851. The highest BCUT2D eigenvalue weighted by Gasteiger charge is 2.24. The predicted molar refractivity (Wildman–Crippen MR) is 88.5 cm³/mol. The first kappa shape index (κ1) is 15.3. The molecule has 1 aliphatic rings. The number of hydrogen-bond acceptors (Lipinski definition) is 4. The predicted octanol–water partition coefficient (Wildman–Crippen LogP) is 2.57. The monoisotopic (exact) mass is 326 g/mol. The molecule has 116 valence electrons. The van der Waals surface area contributed by atoms with Crippen molar-refractivity contribution in [3.63, 3.8) is 0 Å². The van der Waals surface area contributed by atoms with Gasteiger partial charge in [0.25, 0.3) is 5.91 Å². The average Bonchev–Trinajstić information content (AvgIpc) is 2.61. The normalized spacial score (nSPS) is 14.4. The van der Waals surface area contributed by atoms with E-state index in [2.05, 4.69) is 11.1 Å². The van der Waals surface area contributed by atoms with Crippen molar-refractivity contribution in [1.82, 2.24) is 9.88 Å². The standard InChI is InChI=1S/C17H15ClN4O/c18-15-5-1-3-13(11-15)17(23)22-9-7-21(8-10-22)16-14(12-19)4-2-6-20-16/h1-6,11H,7-10H2. The van der Waals surface area contributed by atoms with Crippen LogP contribution in [0.1, 0.15) is 15.9 Å². The van der Waals surface area contributed by atoms with Crippen molar-refractivity contribution >= 4 is 23.3 Å². The summed E-state index contributed by atoms with van der Waals surface area (Å²) in [5.41, 5.74) is 1.16. The molecule has 0 aliphatic carbocycles. The van der Waals surface area contributed by atoms with Crippen LogP contribution in [-0.2, 0) is 0 Å². The summed E-state index contributed by atoms with van der Waals surface area (Å²) in [6, 6.07) is 12.6. The van der Waals surface area contributed by atoms with E-state index in [0.29, 0.717) is 48.1 Å². The van der Waals surface area contributed by atoms with Crippen molar-refractivity contribution in [3.8, 4) is 6.07 Å². The molecule has 3 rings (SSSR count). The number of hydrogen-bond donors (Lipinski definition) is 0. The summed E-state index contributed by atoms with van der Waals surface area (Å²) in [4.78, 5) is 20.6. The van der Waals surface area contributed by atoms with Gasteiger partial charge >= 0.3 is 0 Å². The number of anilines is 1. The van der Waals surface area contributed by atoms with E-state index in [1.165, 1.54) is 0 Å². The van der Waals surface area contributed by atoms with Crippen LogP contribution in [0, 0.1) is 11.3 Å². The number of rotatable bonds is 2. The smallest absolute Gasteiger partial charge is 0.254 e. The molecule has 1 fully saturated rings. The molecule has 1 aromatic carbocycles. The van der Waals surface area contributed by atoms with Crippen molar-refractivity contribution in [2.24, 2.45) is 0 Å². The number of aromatic nitrogens is 1. The fourth-order valence-electron chi connectivity index (χ4n) is 2.66. The largest absolute Gasteiger partial charge is 0.352 e. The maximum Gasteiger partial charge on any atom is 0.254 e. The van der Waals surface area contributed by atoms with Crippen LogP contribution in [0.4, 0.5) is 5.82 Å². The molecule has 0 saturated carbocycles. The zero-order valence-electron chi connectivity index (χ0n) is 12.4. The lowest BCUT2D eigenvalue weighted by Gasteiger charge is -2.35. The summed E-state index contributed by atoms with van der Waals surface area (Å²) in [6.07, 6.45) is 1.68. The van der Waals surface area contributed by atoms with E-state index in [-0.39, 0.29) is 5.91 Å². The van der Waals surface area contributed by atoms with Gasteiger partial charge in [-0.2, -0.15) is 5.26 Å². The number of amides is 1. The number of carbonyl (C=O) groups excluding carboxylic acids is 1. The first-order valence-electron chi connectivity index (χ1n) is 7.34. The molecule has 0 spiro atoms. The molecule has 1 saturated heterocycles. The van der Waals surface area contributed by atoms with Gasteiger partial charge in [0.1, 0.15) is 11.9 Å². The molecule has 0 atom stereocenters. The van der Waals surface area contributed by atoms with Crippen LogP contribution in [0.2, 0.25) is 5.02 Å². The Morgan fingerprint density at radius 1 is 1.17 bits per heavy atom. The molecule has 2 heterocycles. The first-order chi connectivity index (χ1) is 11.2. The van der Waals surface area contributed by atoms with E-state index in [4.69, 9.17) is 11.6 Å². The van der Waals surface area contributed by atoms with E-state index in [0.717, 1.165) is 0 Å². The maximum absolute atomic E-state index is 12.5. The third-order valence-electron chi connectivity index (χ3n) is 3.85. The van der Waals surface area contributed by atoms with E-state index in [9.17, 15) is 10.1 Å². The summed E-state index contributed by atoms with van der Waals surface area (Å²) in [5, 5.41) is 9.73. The van der Waals surface area contributed by atoms with Crippen molar-refractivity contribution < 1.29 is 4.79 Å². The second-order valence-electron chi connectivity index (χ2n) is 5.28. The molecule has 0 bridgehead atoms. The number of nitrogens with zero attached hydrogens (tertiary/aromatic N) is 4. The van der Waals surface area contributed by atoms with E-state index >= 15 is 0 Å². The van der Waals surface area contributed by atoms with Gasteiger partial charge in [-0.25, -0.2) is 4.98 Å². The Hall–Kier alpha value is -2.58. The molecular formula is C17H15ClN4O. The molecular weight excluding hydrogens is 312 g/mol. The first-order valence-corrected chi connectivity index (χ1v) is 7.72.